The lowest BCUT2D eigenvalue weighted by molar-refractivity contribution is -0.130. The van der Waals surface area contributed by atoms with E-state index in [0.717, 1.165) is 23.6 Å². The molecule has 1 heterocycles. The van der Waals surface area contributed by atoms with E-state index >= 15 is 0 Å². The predicted molar refractivity (Wildman–Crippen MR) is 70.3 cm³/mol. The highest BCUT2D eigenvalue weighted by Crippen LogP contribution is 2.25. The third kappa shape index (κ3) is 2.75. The van der Waals surface area contributed by atoms with Crippen LogP contribution in [0.2, 0.25) is 0 Å². The van der Waals surface area contributed by atoms with Gasteiger partial charge < -0.3 is 9.64 Å². The van der Waals surface area contributed by atoms with Gasteiger partial charge in [-0.15, -0.1) is 11.8 Å². The maximum atomic E-state index is 12.2. The molecule has 0 aromatic heterocycles. The molecule has 1 aliphatic heterocycles. The molecule has 1 aromatic rings. The number of ether oxygens (including phenoxy) is 1. The van der Waals surface area contributed by atoms with Crippen molar-refractivity contribution in [3.05, 3.63) is 29.8 Å². The topological polar surface area (TPSA) is 29.5 Å². The van der Waals surface area contributed by atoms with E-state index in [1.807, 2.05) is 40.9 Å². The summed E-state index contributed by atoms with van der Waals surface area (Å²) in [4.78, 5) is 14.1. The van der Waals surface area contributed by atoms with Crippen LogP contribution in [0, 0.1) is 0 Å². The van der Waals surface area contributed by atoms with Crippen LogP contribution >= 0.6 is 11.8 Å². The van der Waals surface area contributed by atoms with Crippen LogP contribution in [-0.2, 0) is 11.2 Å². The average molecular weight is 251 g/mol. The summed E-state index contributed by atoms with van der Waals surface area (Å²) in [5.41, 5.74) is 0.962. The molecule has 1 atom stereocenters. The Labute approximate surface area is 106 Å². The number of hydrogen-bond acceptors (Lipinski definition) is 3. The quantitative estimate of drug-likeness (QED) is 0.824. The molecule has 0 saturated carbocycles. The van der Waals surface area contributed by atoms with E-state index in [-0.39, 0.29) is 5.91 Å². The van der Waals surface area contributed by atoms with Crippen molar-refractivity contribution in [1.82, 2.24) is 4.90 Å². The minimum absolute atomic E-state index is 0.187. The molecule has 4 heteroatoms. The number of nitrogens with zero attached hydrogens (tertiary/aromatic N) is 1. The normalized spacial score (nSPS) is 19.4. The van der Waals surface area contributed by atoms with Crippen molar-refractivity contribution >= 4 is 17.7 Å². The van der Waals surface area contributed by atoms with Crippen molar-refractivity contribution in [3.63, 3.8) is 0 Å². The molecule has 1 unspecified atom stereocenters. The summed E-state index contributed by atoms with van der Waals surface area (Å²) in [6.45, 7) is 2.94. The molecule has 0 spiro atoms. The summed E-state index contributed by atoms with van der Waals surface area (Å²) in [6, 6.07) is 7.70. The smallest absolute Gasteiger partial charge is 0.228 e. The largest absolute Gasteiger partial charge is 0.496 e. The highest BCUT2D eigenvalue weighted by molar-refractivity contribution is 8.00. The van der Waals surface area contributed by atoms with Crippen molar-refractivity contribution in [2.45, 2.75) is 18.7 Å². The van der Waals surface area contributed by atoms with E-state index in [1.54, 1.807) is 7.11 Å². The Balaban J connectivity index is 2.07. The maximum Gasteiger partial charge on any atom is 0.228 e. The molecular formula is C13H17NO2S. The minimum Gasteiger partial charge on any atom is -0.496 e. The molecule has 0 radical (unpaired) electrons. The van der Waals surface area contributed by atoms with Crippen molar-refractivity contribution in [3.8, 4) is 5.75 Å². The summed E-state index contributed by atoms with van der Waals surface area (Å²) < 4.78 is 5.26. The van der Waals surface area contributed by atoms with E-state index < -0.39 is 0 Å². The van der Waals surface area contributed by atoms with Gasteiger partial charge >= 0.3 is 0 Å². The highest BCUT2D eigenvalue weighted by atomic mass is 32.2. The van der Waals surface area contributed by atoms with Crippen LogP contribution in [0.25, 0.3) is 0 Å². The molecule has 1 fully saturated rings. The first-order valence-corrected chi connectivity index (χ1v) is 6.80. The molecule has 92 valence electrons. The van der Waals surface area contributed by atoms with Crippen LogP contribution in [-0.4, -0.2) is 35.6 Å². The van der Waals surface area contributed by atoms with Crippen molar-refractivity contribution in [2.75, 3.05) is 19.4 Å². The number of methoxy groups -OCH3 is 1. The lowest BCUT2D eigenvalue weighted by Crippen LogP contribution is -2.34. The molecular weight excluding hydrogens is 234 g/mol. The van der Waals surface area contributed by atoms with Crippen LogP contribution < -0.4 is 4.74 Å². The molecule has 0 N–H and O–H groups in total. The van der Waals surface area contributed by atoms with E-state index in [1.165, 1.54) is 0 Å². The van der Waals surface area contributed by atoms with Crippen molar-refractivity contribution in [2.24, 2.45) is 0 Å². The Morgan fingerprint density at radius 1 is 1.53 bits per heavy atom. The lowest BCUT2D eigenvalue weighted by atomic mass is 10.1. The highest BCUT2D eigenvalue weighted by Gasteiger charge is 2.25. The first-order chi connectivity index (χ1) is 8.22. The summed E-state index contributed by atoms with van der Waals surface area (Å²) in [5, 5.41) is 0.303. The summed E-state index contributed by atoms with van der Waals surface area (Å²) >= 11 is 1.83. The number of amides is 1. The monoisotopic (exact) mass is 251 g/mol. The van der Waals surface area contributed by atoms with Gasteiger partial charge in [0.05, 0.1) is 18.9 Å². The Morgan fingerprint density at radius 2 is 2.29 bits per heavy atom. The van der Waals surface area contributed by atoms with Gasteiger partial charge in [0.15, 0.2) is 0 Å². The molecule has 1 aliphatic rings. The second-order valence-corrected chi connectivity index (χ2v) is 5.47. The van der Waals surface area contributed by atoms with Gasteiger partial charge in [-0.05, 0) is 13.0 Å². The van der Waals surface area contributed by atoms with Gasteiger partial charge in [0, 0.05) is 17.9 Å². The van der Waals surface area contributed by atoms with Gasteiger partial charge in [-0.25, -0.2) is 0 Å². The van der Waals surface area contributed by atoms with Crippen LogP contribution in [0.4, 0.5) is 0 Å². The third-order valence-electron chi connectivity index (χ3n) is 2.98. The first kappa shape index (κ1) is 12.3. The molecule has 1 saturated heterocycles. The number of carbonyl (C=O) groups excluding carboxylic acids is 1. The second kappa shape index (κ2) is 5.45. The van der Waals surface area contributed by atoms with Gasteiger partial charge in [-0.1, -0.05) is 18.2 Å². The van der Waals surface area contributed by atoms with Crippen molar-refractivity contribution in [1.29, 1.82) is 0 Å². The summed E-state index contributed by atoms with van der Waals surface area (Å²) in [6.07, 6.45) is 0.426. The predicted octanol–water partition coefficient (Wildman–Crippen LogP) is 2.16. The zero-order valence-electron chi connectivity index (χ0n) is 10.2. The molecule has 0 bridgehead atoms. The number of rotatable bonds is 3. The fourth-order valence-corrected chi connectivity index (χ4v) is 3.08. The zero-order valence-corrected chi connectivity index (χ0v) is 11.0. The number of benzene rings is 1. The number of thioether (sulfide) groups is 1. The lowest BCUT2D eigenvalue weighted by Gasteiger charge is -2.20. The SMILES string of the molecule is COc1ccccc1CC(=O)N1CCSC1C. The van der Waals surface area contributed by atoms with Gasteiger partial charge in [0.1, 0.15) is 5.75 Å². The van der Waals surface area contributed by atoms with Gasteiger partial charge in [-0.3, -0.25) is 4.79 Å². The molecule has 3 nitrogen and oxygen atoms in total. The van der Waals surface area contributed by atoms with E-state index in [2.05, 4.69) is 6.92 Å². The van der Waals surface area contributed by atoms with E-state index in [4.69, 9.17) is 4.74 Å². The van der Waals surface area contributed by atoms with Crippen LogP contribution in [0.5, 0.6) is 5.75 Å². The second-order valence-electron chi connectivity index (χ2n) is 4.05. The van der Waals surface area contributed by atoms with E-state index in [9.17, 15) is 4.79 Å². The fraction of sp³-hybridized carbons (Fsp3) is 0.462. The van der Waals surface area contributed by atoms with Gasteiger partial charge in [0.25, 0.3) is 0 Å². The van der Waals surface area contributed by atoms with Crippen molar-refractivity contribution < 1.29 is 9.53 Å². The average Bonchev–Trinajstić information content (AvgIpc) is 2.76. The molecule has 1 aromatic carbocycles. The van der Waals surface area contributed by atoms with Crippen LogP contribution in [0.15, 0.2) is 24.3 Å². The summed E-state index contributed by atoms with van der Waals surface area (Å²) in [5.74, 6) is 2.02. The molecule has 1 amide bonds. The first-order valence-electron chi connectivity index (χ1n) is 5.75. The molecule has 2 rings (SSSR count). The van der Waals surface area contributed by atoms with Crippen LogP contribution in [0.1, 0.15) is 12.5 Å². The Morgan fingerprint density at radius 3 is 2.94 bits per heavy atom. The standard InChI is InChI=1S/C13H17NO2S/c1-10-14(7-8-17-10)13(15)9-11-5-3-4-6-12(11)16-2/h3-6,10H,7-9H2,1-2H3. The molecule has 17 heavy (non-hydrogen) atoms. The Hall–Kier alpha value is -1.16. The van der Waals surface area contributed by atoms with E-state index in [0.29, 0.717) is 11.8 Å². The minimum atomic E-state index is 0.187. The Bertz CT molecular complexity index is 408. The van der Waals surface area contributed by atoms with Gasteiger partial charge in [-0.2, -0.15) is 0 Å². The Kier molecular flexibility index (Phi) is 3.94. The van der Waals surface area contributed by atoms with Crippen LogP contribution in [0.3, 0.4) is 0 Å². The third-order valence-corrected chi connectivity index (χ3v) is 4.14. The molecule has 0 aliphatic carbocycles. The number of hydrogen-bond donors (Lipinski definition) is 0. The number of para-hydroxylation sites is 1. The maximum absolute atomic E-state index is 12.2. The van der Waals surface area contributed by atoms with Gasteiger partial charge in [0.2, 0.25) is 5.91 Å². The fourth-order valence-electron chi connectivity index (χ4n) is 2.03. The number of carbonyl (C=O) groups is 1. The summed E-state index contributed by atoms with van der Waals surface area (Å²) in [7, 11) is 1.64. The zero-order chi connectivity index (χ0) is 12.3.